The van der Waals surface area contributed by atoms with Gasteiger partial charge in [0.15, 0.2) is 5.82 Å². The molecule has 0 unspecified atom stereocenters. The quantitative estimate of drug-likeness (QED) is 0.808. The van der Waals surface area contributed by atoms with Crippen molar-refractivity contribution < 1.29 is 9.32 Å². The number of aryl methyl sites for hydroxylation is 1. The number of nitrogens with zero attached hydrogens (tertiary/aromatic N) is 4. The number of carbonyl (C=O) groups is 1. The van der Waals surface area contributed by atoms with Crippen molar-refractivity contribution in [3.8, 4) is 0 Å². The van der Waals surface area contributed by atoms with Crippen LogP contribution >= 0.6 is 0 Å². The predicted octanol–water partition coefficient (Wildman–Crippen LogP) is 2.61. The van der Waals surface area contributed by atoms with Crippen molar-refractivity contribution in [2.75, 3.05) is 6.54 Å². The smallest absolute Gasteiger partial charge is 0.274 e. The van der Waals surface area contributed by atoms with Gasteiger partial charge < -0.3 is 9.42 Å². The van der Waals surface area contributed by atoms with Crippen LogP contribution in [0.15, 0.2) is 10.6 Å². The van der Waals surface area contributed by atoms with Gasteiger partial charge in [-0.3, -0.25) is 9.89 Å². The lowest BCUT2D eigenvalue weighted by Gasteiger charge is -2.17. The summed E-state index contributed by atoms with van der Waals surface area (Å²) in [6, 6.07) is 1.81. The topological polar surface area (TPSA) is 87.9 Å². The van der Waals surface area contributed by atoms with Crippen molar-refractivity contribution in [3.05, 3.63) is 29.2 Å². The molecule has 2 aromatic rings. The number of H-pyrrole nitrogens is 1. The minimum absolute atomic E-state index is 0.124. The summed E-state index contributed by atoms with van der Waals surface area (Å²) in [6.07, 6.45) is 2.64. The second-order valence-electron chi connectivity index (χ2n) is 6.05. The maximum Gasteiger partial charge on any atom is 0.274 e. The molecular formula is C16H25N5O2. The summed E-state index contributed by atoms with van der Waals surface area (Å²) in [5, 5.41) is 11.0. The third-order valence-electron chi connectivity index (χ3n) is 3.46. The molecule has 23 heavy (non-hydrogen) atoms. The van der Waals surface area contributed by atoms with Gasteiger partial charge in [0.25, 0.3) is 5.91 Å². The number of carbonyl (C=O) groups excluding carboxylic acids is 1. The molecule has 2 aromatic heterocycles. The second kappa shape index (κ2) is 7.89. The fraction of sp³-hybridized carbons (Fsp3) is 0.625. The molecule has 1 amide bonds. The highest BCUT2D eigenvalue weighted by atomic mass is 16.5. The van der Waals surface area contributed by atoms with Gasteiger partial charge in [0.2, 0.25) is 5.89 Å². The lowest BCUT2D eigenvalue weighted by atomic mass is 10.1. The molecule has 1 N–H and O–H groups in total. The minimum Gasteiger partial charge on any atom is -0.339 e. The largest absolute Gasteiger partial charge is 0.339 e. The van der Waals surface area contributed by atoms with Gasteiger partial charge in [-0.2, -0.15) is 10.1 Å². The first-order chi connectivity index (χ1) is 11.0. The summed E-state index contributed by atoms with van der Waals surface area (Å²) in [6.45, 7) is 9.09. The summed E-state index contributed by atoms with van der Waals surface area (Å²) in [7, 11) is 0. The maximum absolute atomic E-state index is 12.5. The number of hydrogen-bond acceptors (Lipinski definition) is 5. The third-order valence-corrected chi connectivity index (χ3v) is 3.46. The molecule has 7 nitrogen and oxygen atoms in total. The van der Waals surface area contributed by atoms with Crippen LogP contribution in [0.5, 0.6) is 0 Å². The van der Waals surface area contributed by atoms with Gasteiger partial charge in [0, 0.05) is 18.7 Å². The van der Waals surface area contributed by atoms with Gasteiger partial charge in [-0.25, -0.2) is 0 Å². The molecule has 0 bridgehead atoms. The van der Waals surface area contributed by atoms with Gasteiger partial charge in [-0.15, -0.1) is 0 Å². The fourth-order valence-corrected chi connectivity index (χ4v) is 2.32. The Kier molecular flexibility index (Phi) is 5.90. The summed E-state index contributed by atoms with van der Waals surface area (Å²) in [5.74, 6) is 1.47. The lowest BCUT2D eigenvalue weighted by molar-refractivity contribution is 0.0741. The fourth-order valence-electron chi connectivity index (χ4n) is 2.32. The first-order valence-corrected chi connectivity index (χ1v) is 8.18. The molecule has 0 fully saturated rings. The molecule has 0 aliphatic carbocycles. The molecule has 0 saturated carbocycles. The van der Waals surface area contributed by atoms with Crippen molar-refractivity contribution in [1.82, 2.24) is 25.2 Å². The molecule has 0 aliphatic heterocycles. The van der Waals surface area contributed by atoms with E-state index in [1.807, 2.05) is 13.0 Å². The standard InChI is InChI=1S/C16H25N5O2/c1-5-7-12-9-13(19-18-12)16(22)21(6-2)10-14-17-15(23-20-14)8-11(3)4/h9,11H,5-8,10H2,1-4H3,(H,18,19). The third kappa shape index (κ3) is 4.64. The number of aromatic nitrogens is 4. The summed E-state index contributed by atoms with van der Waals surface area (Å²) in [4.78, 5) is 18.6. The molecule has 0 aliphatic rings. The molecule has 126 valence electrons. The number of aromatic amines is 1. The van der Waals surface area contributed by atoms with Gasteiger partial charge >= 0.3 is 0 Å². The zero-order chi connectivity index (χ0) is 16.8. The van der Waals surface area contributed by atoms with E-state index >= 15 is 0 Å². The first kappa shape index (κ1) is 17.2. The Hall–Kier alpha value is -2.18. The minimum atomic E-state index is -0.124. The van der Waals surface area contributed by atoms with Gasteiger partial charge in [-0.1, -0.05) is 32.3 Å². The molecule has 0 radical (unpaired) electrons. The van der Waals surface area contributed by atoms with E-state index in [2.05, 4.69) is 41.1 Å². The van der Waals surface area contributed by atoms with Crippen LogP contribution < -0.4 is 0 Å². The molecule has 0 atom stereocenters. The van der Waals surface area contributed by atoms with Crippen LogP contribution in [0.4, 0.5) is 0 Å². The molecule has 2 rings (SSSR count). The molecular weight excluding hydrogens is 294 g/mol. The van der Waals surface area contributed by atoms with Crippen LogP contribution in [-0.4, -0.2) is 37.7 Å². The lowest BCUT2D eigenvalue weighted by Crippen LogP contribution is -2.31. The van der Waals surface area contributed by atoms with Crippen molar-refractivity contribution in [3.63, 3.8) is 0 Å². The highest BCUT2D eigenvalue weighted by Gasteiger charge is 2.20. The summed E-state index contributed by atoms with van der Waals surface area (Å²) >= 11 is 0. The predicted molar refractivity (Wildman–Crippen MR) is 85.8 cm³/mol. The highest BCUT2D eigenvalue weighted by molar-refractivity contribution is 5.92. The maximum atomic E-state index is 12.5. The van der Waals surface area contributed by atoms with E-state index in [1.165, 1.54) is 0 Å². The van der Waals surface area contributed by atoms with Crippen LogP contribution in [0.1, 0.15) is 62.0 Å². The number of rotatable bonds is 8. The van der Waals surface area contributed by atoms with E-state index in [4.69, 9.17) is 4.52 Å². The van der Waals surface area contributed by atoms with Crippen LogP contribution in [0.2, 0.25) is 0 Å². The summed E-state index contributed by atoms with van der Waals surface area (Å²) in [5.41, 5.74) is 1.41. The van der Waals surface area contributed by atoms with E-state index in [0.29, 0.717) is 36.4 Å². The number of hydrogen-bond donors (Lipinski definition) is 1. The Labute approximate surface area is 136 Å². The monoisotopic (exact) mass is 319 g/mol. The number of amides is 1. The Morgan fingerprint density at radius 3 is 2.83 bits per heavy atom. The van der Waals surface area contributed by atoms with Crippen LogP contribution in [0.25, 0.3) is 0 Å². The Balaban J connectivity index is 2.03. The van der Waals surface area contributed by atoms with Gasteiger partial charge in [0.1, 0.15) is 5.69 Å². The van der Waals surface area contributed by atoms with Crippen molar-refractivity contribution in [2.24, 2.45) is 5.92 Å². The Morgan fingerprint density at radius 1 is 1.39 bits per heavy atom. The average molecular weight is 319 g/mol. The van der Waals surface area contributed by atoms with Crippen molar-refractivity contribution in [2.45, 2.75) is 53.5 Å². The first-order valence-electron chi connectivity index (χ1n) is 8.18. The molecule has 7 heteroatoms. The summed E-state index contributed by atoms with van der Waals surface area (Å²) < 4.78 is 5.22. The molecule has 0 spiro atoms. The molecule has 2 heterocycles. The highest BCUT2D eigenvalue weighted by Crippen LogP contribution is 2.10. The SMILES string of the molecule is CCCc1cc(C(=O)N(CC)Cc2noc(CC(C)C)n2)n[nH]1. The van der Waals surface area contributed by atoms with E-state index in [9.17, 15) is 4.79 Å². The Morgan fingerprint density at radius 2 is 2.17 bits per heavy atom. The van der Waals surface area contributed by atoms with Gasteiger partial charge in [-0.05, 0) is 25.3 Å². The molecule has 0 saturated heterocycles. The van der Waals surface area contributed by atoms with Crippen LogP contribution in [0, 0.1) is 5.92 Å². The van der Waals surface area contributed by atoms with Crippen LogP contribution in [0.3, 0.4) is 0 Å². The van der Waals surface area contributed by atoms with E-state index in [1.54, 1.807) is 4.90 Å². The zero-order valence-electron chi connectivity index (χ0n) is 14.3. The molecule has 0 aromatic carbocycles. The van der Waals surface area contributed by atoms with Crippen molar-refractivity contribution >= 4 is 5.91 Å². The average Bonchev–Trinajstić information content (AvgIpc) is 3.13. The van der Waals surface area contributed by atoms with E-state index in [0.717, 1.165) is 25.0 Å². The Bertz CT molecular complexity index is 632. The van der Waals surface area contributed by atoms with Crippen LogP contribution in [-0.2, 0) is 19.4 Å². The van der Waals surface area contributed by atoms with Crippen molar-refractivity contribution in [1.29, 1.82) is 0 Å². The van der Waals surface area contributed by atoms with Gasteiger partial charge in [0.05, 0.1) is 6.54 Å². The second-order valence-corrected chi connectivity index (χ2v) is 6.05. The van der Waals surface area contributed by atoms with E-state index < -0.39 is 0 Å². The number of nitrogens with one attached hydrogen (secondary N) is 1. The zero-order valence-corrected chi connectivity index (χ0v) is 14.3. The normalized spacial score (nSPS) is 11.2. The van der Waals surface area contributed by atoms with E-state index in [-0.39, 0.29) is 5.91 Å².